The number of phenols is 1. The molecule has 0 fully saturated rings. The van der Waals surface area contributed by atoms with E-state index >= 15 is 0 Å². The minimum absolute atomic E-state index is 0.240. The molecule has 0 bridgehead atoms. The first-order chi connectivity index (χ1) is 5.16. The van der Waals surface area contributed by atoms with Crippen LogP contribution < -0.4 is 31.2 Å². The Morgan fingerprint density at radius 2 is 2.09 bits per heavy atom. The number of nitrogen functional groups attached to an aromatic ring is 1. The molecule has 0 spiro atoms. The molecule has 0 aliphatic rings. The maximum atomic E-state index is 9.21. The Labute approximate surface area is 76.0 Å². The van der Waals surface area contributed by atoms with Crippen molar-refractivity contribution >= 4 is 5.69 Å². The Morgan fingerprint density at radius 3 is 2.64 bits per heavy atom. The molecule has 1 rings (SSSR count). The summed E-state index contributed by atoms with van der Waals surface area (Å²) in [6, 6.07) is 3.42. The van der Waals surface area contributed by atoms with E-state index in [2.05, 4.69) is 0 Å². The number of aromatic hydroxyl groups is 1. The molecule has 0 saturated carbocycles. The van der Waals surface area contributed by atoms with Crippen LogP contribution in [0.25, 0.3) is 0 Å². The normalized spacial score (nSPS) is 10.4. The second kappa shape index (κ2) is 3.27. The van der Waals surface area contributed by atoms with Crippen LogP contribution >= 0.6 is 0 Å². The minimum atomic E-state index is -0.478. The Kier molecular flexibility index (Phi) is 2.56. The summed E-state index contributed by atoms with van der Waals surface area (Å²) in [6.45, 7) is 1.79. The first-order valence-electron chi connectivity index (χ1n) is 3.08. The number of nitrogens with two attached hydrogens (primary N) is 2. The molecule has 0 atom stereocenters. The van der Waals surface area contributed by atoms with Gasteiger partial charge in [-0.1, -0.05) is 0 Å². The maximum absolute atomic E-state index is 9.21. The van der Waals surface area contributed by atoms with E-state index in [0.29, 0.717) is 5.69 Å². The van der Waals surface area contributed by atoms with Gasteiger partial charge < -0.3 is 0 Å². The molecule has 5 N–H and O–H groups in total. The fraction of sp³-hybridized carbons (Fsp3) is 0.143. The van der Waals surface area contributed by atoms with Gasteiger partial charge >= 0.3 is 75.9 Å². The first-order valence-corrected chi connectivity index (χ1v) is 5.40. The Hall–Kier alpha value is -0.490. The van der Waals surface area contributed by atoms with Crippen LogP contribution in [0.5, 0.6) is 5.75 Å². The number of rotatable bonds is 1. The van der Waals surface area contributed by atoms with Crippen molar-refractivity contribution in [3.63, 3.8) is 0 Å². The van der Waals surface area contributed by atoms with Gasteiger partial charge in [-0.25, -0.2) is 0 Å². The third kappa shape index (κ3) is 1.57. The molecule has 1 aromatic rings. The van der Waals surface area contributed by atoms with Crippen molar-refractivity contribution in [2.75, 3.05) is 5.73 Å². The van der Waals surface area contributed by atoms with Crippen LogP contribution in [-0.2, 0) is 0 Å². The van der Waals surface area contributed by atoms with Crippen LogP contribution in [0.4, 0.5) is 5.69 Å². The van der Waals surface area contributed by atoms with Gasteiger partial charge in [-0.3, -0.25) is 0 Å². The van der Waals surface area contributed by atoms with Crippen molar-refractivity contribution < 1.29 is 26.6 Å². The van der Waals surface area contributed by atoms with Gasteiger partial charge in [-0.15, -0.1) is 0 Å². The number of hydrogen-bond acceptors (Lipinski definition) is 3. The molecule has 0 amide bonds. The Bertz CT molecular complexity index is 275. The van der Waals surface area contributed by atoms with E-state index in [1.54, 1.807) is 19.1 Å². The average molecular weight is 265 g/mol. The van der Waals surface area contributed by atoms with Crippen LogP contribution in [-0.4, -0.2) is 5.11 Å². The summed E-state index contributed by atoms with van der Waals surface area (Å²) in [4.78, 5) is 0. The van der Waals surface area contributed by atoms with Gasteiger partial charge in [0.2, 0.25) is 0 Å². The number of halogens is 1. The summed E-state index contributed by atoms with van der Waals surface area (Å²) in [5.41, 5.74) is 7.05. The van der Waals surface area contributed by atoms with E-state index in [1.165, 1.54) is 0 Å². The van der Waals surface area contributed by atoms with Crippen LogP contribution in [0.1, 0.15) is 5.56 Å². The van der Waals surface area contributed by atoms with Gasteiger partial charge in [-0.05, 0) is 0 Å². The molecule has 4 heteroatoms. The summed E-state index contributed by atoms with van der Waals surface area (Å²) in [5.74, 6) is 0.240. The molecule has 0 aliphatic heterocycles. The molecule has 0 aromatic heterocycles. The second-order valence-corrected chi connectivity index (χ2v) is 4.00. The van der Waals surface area contributed by atoms with Crippen molar-refractivity contribution in [3.05, 3.63) is 21.3 Å². The van der Waals surface area contributed by atoms with E-state index in [1.807, 2.05) is 0 Å². The zero-order valence-electron chi connectivity index (χ0n) is 6.13. The van der Waals surface area contributed by atoms with Crippen molar-refractivity contribution in [3.8, 4) is 5.75 Å². The molecular weight excluding hydrogens is 255 g/mol. The van der Waals surface area contributed by atoms with Crippen LogP contribution in [0, 0.1) is 10.5 Å². The topological polar surface area (TPSA) is 72.3 Å². The summed E-state index contributed by atoms with van der Waals surface area (Å²) >= 11 is -0.478. The number of benzene rings is 1. The molecule has 0 saturated heterocycles. The van der Waals surface area contributed by atoms with Crippen molar-refractivity contribution in [1.29, 1.82) is 0 Å². The summed E-state index contributed by atoms with van der Waals surface area (Å²) in [7, 11) is 0. The van der Waals surface area contributed by atoms with E-state index < -0.39 is 21.5 Å². The van der Waals surface area contributed by atoms with E-state index in [9.17, 15) is 5.11 Å². The molecule has 0 aliphatic carbocycles. The van der Waals surface area contributed by atoms with Crippen LogP contribution in [0.2, 0.25) is 0 Å². The van der Waals surface area contributed by atoms with Crippen molar-refractivity contribution in [2.24, 2.45) is 3.95 Å². The SMILES string of the molecule is Cc1c(O)ccc([I-]N)c1N. The standard InChI is InChI=1S/C7H10IN2O/c1-4-6(11)3-2-5(8-10)7(4)9/h2-3,11H,9-10H2,1H3/q-1. The van der Waals surface area contributed by atoms with E-state index in [4.69, 9.17) is 9.68 Å². The number of hydrogen-bond donors (Lipinski definition) is 3. The fourth-order valence-electron chi connectivity index (χ4n) is 0.779. The molecular formula is C7H10IN2O-. The quantitative estimate of drug-likeness (QED) is 0.296. The van der Waals surface area contributed by atoms with Gasteiger partial charge in [0.1, 0.15) is 0 Å². The van der Waals surface area contributed by atoms with E-state index in [0.717, 1.165) is 9.13 Å². The number of phenolic OH excluding ortho intramolecular Hbond substituents is 1. The third-order valence-corrected chi connectivity index (χ3v) is 3.16. The van der Waals surface area contributed by atoms with Crippen molar-refractivity contribution in [1.82, 2.24) is 0 Å². The summed E-state index contributed by atoms with van der Waals surface area (Å²) in [6.07, 6.45) is 0. The second-order valence-electron chi connectivity index (χ2n) is 2.21. The van der Waals surface area contributed by atoms with E-state index in [-0.39, 0.29) is 5.75 Å². The van der Waals surface area contributed by atoms with Crippen molar-refractivity contribution in [2.45, 2.75) is 6.92 Å². The molecule has 0 radical (unpaired) electrons. The zero-order chi connectivity index (χ0) is 8.43. The fourth-order valence-corrected chi connectivity index (χ4v) is 1.91. The van der Waals surface area contributed by atoms with Gasteiger partial charge in [0.15, 0.2) is 0 Å². The molecule has 0 unspecified atom stereocenters. The summed E-state index contributed by atoms with van der Waals surface area (Å²) < 4.78 is 6.50. The molecule has 0 heterocycles. The predicted molar refractivity (Wildman–Crippen MR) is 40.1 cm³/mol. The average Bonchev–Trinajstić information content (AvgIpc) is 2.01. The molecule has 3 nitrogen and oxygen atoms in total. The zero-order valence-corrected chi connectivity index (χ0v) is 8.29. The Balaban J connectivity index is 3.25. The van der Waals surface area contributed by atoms with Crippen LogP contribution in [0.3, 0.4) is 0 Å². The van der Waals surface area contributed by atoms with Gasteiger partial charge in [-0.2, -0.15) is 0 Å². The third-order valence-electron chi connectivity index (χ3n) is 1.55. The molecule has 62 valence electrons. The molecule has 1 aromatic carbocycles. The van der Waals surface area contributed by atoms with Gasteiger partial charge in [0.05, 0.1) is 0 Å². The van der Waals surface area contributed by atoms with Gasteiger partial charge in [0, 0.05) is 0 Å². The monoisotopic (exact) mass is 265 g/mol. The predicted octanol–water partition coefficient (Wildman–Crippen LogP) is -2.58. The Morgan fingerprint density at radius 1 is 1.45 bits per heavy atom. The molecule has 11 heavy (non-hydrogen) atoms. The first kappa shape index (κ1) is 8.61. The van der Waals surface area contributed by atoms with Crippen LogP contribution in [0.15, 0.2) is 12.1 Å². The van der Waals surface area contributed by atoms with Gasteiger partial charge in [0.25, 0.3) is 0 Å². The summed E-state index contributed by atoms with van der Waals surface area (Å²) in [5, 5.41) is 9.21. The number of anilines is 1.